The summed E-state index contributed by atoms with van der Waals surface area (Å²) in [6.45, 7) is 6.65. The largest absolute Gasteiger partial charge is 0.365 e. The van der Waals surface area contributed by atoms with Crippen LogP contribution in [-0.4, -0.2) is 12.0 Å². The molecule has 3 heteroatoms. The molecule has 14 heavy (non-hydrogen) atoms. The second-order valence-corrected chi connectivity index (χ2v) is 5.15. The molecule has 0 aliphatic heterocycles. The third-order valence-electron chi connectivity index (χ3n) is 2.29. The first-order chi connectivity index (χ1) is 6.63. The summed E-state index contributed by atoms with van der Waals surface area (Å²) in [5.74, 6) is 0.812. The van der Waals surface area contributed by atoms with Gasteiger partial charge in [0.15, 0.2) is 5.13 Å². The quantitative estimate of drug-likeness (QED) is 0.808. The molecule has 0 saturated carbocycles. The van der Waals surface area contributed by atoms with Gasteiger partial charge in [-0.3, -0.25) is 0 Å². The van der Waals surface area contributed by atoms with Crippen LogP contribution >= 0.6 is 11.3 Å². The lowest BCUT2D eigenvalue weighted by atomic mass is 10.1. The molecular formula is C11H20N2S. The minimum absolute atomic E-state index is 0.812. The third kappa shape index (κ3) is 3.29. The van der Waals surface area contributed by atoms with Gasteiger partial charge in [-0.1, -0.05) is 20.3 Å². The van der Waals surface area contributed by atoms with E-state index in [-0.39, 0.29) is 0 Å². The zero-order chi connectivity index (χ0) is 10.6. The summed E-state index contributed by atoms with van der Waals surface area (Å²) < 4.78 is 0. The Balaban J connectivity index is 2.45. The highest BCUT2D eigenvalue weighted by molar-refractivity contribution is 7.15. The van der Waals surface area contributed by atoms with Gasteiger partial charge in [0.05, 0.1) is 5.69 Å². The van der Waals surface area contributed by atoms with E-state index in [4.69, 9.17) is 0 Å². The average Bonchev–Trinajstić information content (AvgIpc) is 2.47. The fourth-order valence-electron chi connectivity index (χ4n) is 1.44. The summed E-state index contributed by atoms with van der Waals surface area (Å²) >= 11 is 1.79. The van der Waals surface area contributed by atoms with Crippen LogP contribution in [-0.2, 0) is 6.42 Å². The van der Waals surface area contributed by atoms with Crippen molar-refractivity contribution in [3.05, 3.63) is 10.6 Å². The van der Waals surface area contributed by atoms with Crippen LogP contribution < -0.4 is 5.32 Å². The van der Waals surface area contributed by atoms with Gasteiger partial charge in [-0.15, -0.1) is 11.3 Å². The van der Waals surface area contributed by atoms with E-state index in [1.54, 1.807) is 11.3 Å². The first kappa shape index (κ1) is 11.5. The van der Waals surface area contributed by atoms with Crippen molar-refractivity contribution in [1.29, 1.82) is 0 Å². The minimum atomic E-state index is 0.812. The van der Waals surface area contributed by atoms with Crippen LogP contribution in [0.5, 0.6) is 0 Å². The molecule has 0 spiro atoms. The summed E-state index contributed by atoms with van der Waals surface area (Å²) in [6, 6.07) is 0. The van der Waals surface area contributed by atoms with Gasteiger partial charge in [-0.25, -0.2) is 4.98 Å². The van der Waals surface area contributed by atoms with Gasteiger partial charge in [0.2, 0.25) is 0 Å². The van der Waals surface area contributed by atoms with Gasteiger partial charge in [-0.05, 0) is 25.7 Å². The van der Waals surface area contributed by atoms with E-state index in [2.05, 4.69) is 31.1 Å². The Morgan fingerprint density at radius 1 is 1.43 bits per heavy atom. The zero-order valence-corrected chi connectivity index (χ0v) is 10.4. The molecule has 1 rings (SSSR count). The van der Waals surface area contributed by atoms with Gasteiger partial charge in [0, 0.05) is 11.9 Å². The number of rotatable bonds is 5. The molecule has 0 fully saturated rings. The molecule has 0 aliphatic carbocycles. The van der Waals surface area contributed by atoms with Crippen LogP contribution in [0.1, 0.15) is 37.3 Å². The summed E-state index contributed by atoms with van der Waals surface area (Å²) in [7, 11) is 1.93. The molecule has 0 atom stereocenters. The monoisotopic (exact) mass is 212 g/mol. The highest BCUT2D eigenvalue weighted by Crippen LogP contribution is 2.24. The number of thiazole rings is 1. The Kier molecular flexibility index (Phi) is 4.39. The number of anilines is 1. The number of nitrogens with zero attached hydrogens (tertiary/aromatic N) is 1. The standard InChI is InChI=1S/C11H20N2S/c1-8(2)6-5-7-10-9(3)13-11(12-4)14-10/h8H,5-7H2,1-4H3,(H,12,13). The normalized spacial score (nSPS) is 10.9. The molecular weight excluding hydrogens is 192 g/mol. The van der Waals surface area contributed by atoms with E-state index in [1.807, 2.05) is 7.05 Å². The van der Waals surface area contributed by atoms with Crippen molar-refractivity contribution in [3.8, 4) is 0 Å². The van der Waals surface area contributed by atoms with Gasteiger partial charge in [0.1, 0.15) is 0 Å². The van der Waals surface area contributed by atoms with Crippen molar-refractivity contribution in [2.45, 2.75) is 40.0 Å². The van der Waals surface area contributed by atoms with Crippen molar-refractivity contribution < 1.29 is 0 Å². The predicted octanol–water partition coefficient (Wildman–Crippen LogP) is 3.47. The first-order valence-electron chi connectivity index (χ1n) is 5.27. The maximum atomic E-state index is 4.43. The molecule has 0 saturated heterocycles. The molecule has 1 aromatic heterocycles. The average molecular weight is 212 g/mol. The minimum Gasteiger partial charge on any atom is -0.365 e. The topological polar surface area (TPSA) is 24.9 Å². The van der Waals surface area contributed by atoms with Crippen molar-refractivity contribution >= 4 is 16.5 Å². The molecule has 1 N–H and O–H groups in total. The van der Waals surface area contributed by atoms with E-state index >= 15 is 0 Å². The fraction of sp³-hybridized carbons (Fsp3) is 0.727. The summed E-state index contributed by atoms with van der Waals surface area (Å²) in [5.41, 5.74) is 1.20. The Hall–Kier alpha value is -0.570. The van der Waals surface area contributed by atoms with Crippen molar-refractivity contribution in [2.24, 2.45) is 5.92 Å². The maximum absolute atomic E-state index is 4.43. The first-order valence-corrected chi connectivity index (χ1v) is 6.09. The van der Waals surface area contributed by atoms with Crippen LogP contribution in [0.15, 0.2) is 0 Å². The van der Waals surface area contributed by atoms with Gasteiger partial charge >= 0.3 is 0 Å². The van der Waals surface area contributed by atoms with Crippen LogP contribution in [0.25, 0.3) is 0 Å². The van der Waals surface area contributed by atoms with Crippen molar-refractivity contribution in [3.63, 3.8) is 0 Å². The Morgan fingerprint density at radius 3 is 2.64 bits per heavy atom. The van der Waals surface area contributed by atoms with Gasteiger partial charge in [-0.2, -0.15) is 0 Å². The molecule has 1 aromatic rings. The summed E-state index contributed by atoms with van der Waals surface area (Å²) in [5, 5.41) is 4.14. The molecule has 2 nitrogen and oxygen atoms in total. The van der Waals surface area contributed by atoms with E-state index in [9.17, 15) is 0 Å². The van der Waals surface area contributed by atoms with Crippen molar-refractivity contribution in [2.75, 3.05) is 12.4 Å². The smallest absolute Gasteiger partial charge is 0.182 e. The molecule has 80 valence electrons. The van der Waals surface area contributed by atoms with E-state index in [0.29, 0.717) is 0 Å². The highest BCUT2D eigenvalue weighted by Gasteiger charge is 2.06. The fourth-order valence-corrected chi connectivity index (χ4v) is 2.40. The number of nitrogens with one attached hydrogen (secondary N) is 1. The SMILES string of the molecule is CNc1nc(C)c(CCCC(C)C)s1. The highest BCUT2D eigenvalue weighted by atomic mass is 32.1. The van der Waals surface area contributed by atoms with E-state index in [0.717, 1.165) is 11.0 Å². The molecule has 1 heterocycles. The van der Waals surface area contributed by atoms with Crippen LogP contribution in [0, 0.1) is 12.8 Å². The second-order valence-electron chi connectivity index (χ2n) is 4.06. The summed E-state index contributed by atoms with van der Waals surface area (Å²) in [4.78, 5) is 5.87. The molecule has 0 aliphatic rings. The lowest BCUT2D eigenvalue weighted by molar-refractivity contribution is 0.557. The van der Waals surface area contributed by atoms with Gasteiger partial charge < -0.3 is 5.32 Å². The number of aromatic nitrogens is 1. The molecule has 0 aromatic carbocycles. The third-order valence-corrected chi connectivity index (χ3v) is 3.53. The zero-order valence-electron chi connectivity index (χ0n) is 9.55. The summed E-state index contributed by atoms with van der Waals surface area (Å²) in [6.07, 6.45) is 3.78. The Morgan fingerprint density at radius 2 is 2.14 bits per heavy atom. The predicted molar refractivity (Wildman–Crippen MR) is 64.2 cm³/mol. The Bertz CT molecular complexity index is 279. The molecule has 0 unspecified atom stereocenters. The van der Waals surface area contributed by atoms with E-state index in [1.165, 1.54) is 29.8 Å². The number of aryl methyl sites for hydroxylation is 2. The Labute approximate surface area is 90.8 Å². The lowest BCUT2D eigenvalue weighted by Crippen LogP contribution is -1.90. The van der Waals surface area contributed by atoms with E-state index < -0.39 is 0 Å². The molecule has 0 amide bonds. The number of hydrogen-bond donors (Lipinski definition) is 1. The van der Waals surface area contributed by atoms with Crippen LogP contribution in [0.2, 0.25) is 0 Å². The molecule has 0 radical (unpaired) electrons. The lowest BCUT2D eigenvalue weighted by Gasteiger charge is -2.02. The maximum Gasteiger partial charge on any atom is 0.182 e. The second kappa shape index (κ2) is 5.35. The van der Waals surface area contributed by atoms with Crippen molar-refractivity contribution in [1.82, 2.24) is 4.98 Å². The van der Waals surface area contributed by atoms with Crippen LogP contribution in [0.4, 0.5) is 5.13 Å². The number of hydrogen-bond acceptors (Lipinski definition) is 3. The van der Waals surface area contributed by atoms with Gasteiger partial charge in [0.25, 0.3) is 0 Å². The molecule has 0 bridgehead atoms. The van der Waals surface area contributed by atoms with Crippen LogP contribution in [0.3, 0.4) is 0 Å².